The van der Waals surface area contributed by atoms with E-state index in [9.17, 15) is 5.11 Å². The Morgan fingerprint density at radius 1 is 1.28 bits per heavy atom. The summed E-state index contributed by atoms with van der Waals surface area (Å²) >= 11 is 0. The van der Waals surface area contributed by atoms with Gasteiger partial charge in [-0.2, -0.15) is 0 Å². The molecule has 2 nitrogen and oxygen atoms in total. The van der Waals surface area contributed by atoms with Crippen molar-refractivity contribution < 1.29 is 5.11 Å². The molecular formula is C16H25NO. The van der Waals surface area contributed by atoms with Gasteiger partial charge in [0.15, 0.2) is 0 Å². The average molecular weight is 247 g/mol. The van der Waals surface area contributed by atoms with E-state index in [2.05, 4.69) is 52.9 Å². The normalized spacial score (nSPS) is 22.2. The van der Waals surface area contributed by atoms with Gasteiger partial charge in [0.25, 0.3) is 0 Å². The average Bonchev–Trinajstić information content (AvgIpc) is 2.15. The first-order valence-electron chi connectivity index (χ1n) is 6.76. The van der Waals surface area contributed by atoms with Gasteiger partial charge in [-0.3, -0.25) is 0 Å². The summed E-state index contributed by atoms with van der Waals surface area (Å²) in [5.41, 5.74) is 3.52. The number of nitrogens with one attached hydrogen (secondary N) is 1. The number of benzene rings is 1. The van der Waals surface area contributed by atoms with Crippen LogP contribution in [-0.4, -0.2) is 10.6 Å². The number of rotatable bonds is 0. The molecule has 100 valence electrons. The van der Waals surface area contributed by atoms with Gasteiger partial charge in [0.05, 0.1) is 0 Å². The van der Waals surface area contributed by atoms with Crippen LogP contribution in [0.3, 0.4) is 0 Å². The molecule has 1 aromatic carbocycles. The molecule has 1 heterocycles. The lowest BCUT2D eigenvalue weighted by atomic mass is 9.78. The molecule has 0 saturated carbocycles. The molecule has 0 aliphatic carbocycles. The topological polar surface area (TPSA) is 32.3 Å². The Balaban J connectivity index is 2.55. The highest BCUT2D eigenvalue weighted by atomic mass is 16.3. The van der Waals surface area contributed by atoms with Crippen LogP contribution in [-0.2, 0) is 5.41 Å². The quantitative estimate of drug-likeness (QED) is 0.666. The lowest BCUT2D eigenvalue weighted by Crippen LogP contribution is -2.36. The molecule has 0 spiro atoms. The van der Waals surface area contributed by atoms with Crippen LogP contribution in [0.1, 0.15) is 65.0 Å². The van der Waals surface area contributed by atoms with Crippen molar-refractivity contribution in [3.05, 3.63) is 23.3 Å². The Labute approximate surface area is 110 Å². The molecule has 1 aliphatic heterocycles. The van der Waals surface area contributed by atoms with E-state index in [4.69, 9.17) is 0 Å². The van der Waals surface area contributed by atoms with E-state index in [0.717, 1.165) is 12.0 Å². The Bertz CT molecular complexity index is 469. The first-order valence-corrected chi connectivity index (χ1v) is 6.76. The van der Waals surface area contributed by atoms with Crippen LogP contribution in [0.25, 0.3) is 0 Å². The molecule has 2 heteroatoms. The fourth-order valence-electron chi connectivity index (χ4n) is 3.01. The fraction of sp³-hybridized carbons (Fsp3) is 0.625. The summed E-state index contributed by atoms with van der Waals surface area (Å²) in [6.45, 7) is 13.1. The molecule has 18 heavy (non-hydrogen) atoms. The van der Waals surface area contributed by atoms with Gasteiger partial charge in [-0.15, -0.1) is 0 Å². The minimum absolute atomic E-state index is 0.0361. The van der Waals surface area contributed by atoms with Crippen molar-refractivity contribution >= 4 is 5.69 Å². The summed E-state index contributed by atoms with van der Waals surface area (Å²) in [5, 5.41) is 13.8. The Kier molecular flexibility index (Phi) is 2.88. The zero-order valence-corrected chi connectivity index (χ0v) is 12.4. The maximum atomic E-state index is 10.2. The van der Waals surface area contributed by atoms with Gasteiger partial charge in [-0.05, 0) is 49.3 Å². The smallest absolute Gasteiger partial charge is 0.119 e. The molecular weight excluding hydrogens is 222 g/mol. The second-order valence-electron chi connectivity index (χ2n) is 7.32. The van der Waals surface area contributed by atoms with E-state index < -0.39 is 0 Å². The highest BCUT2D eigenvalue weighted by Gasteiger charge is 2.31. The van der Waals surface area contributed by atoms with Crippen molar-refractivity contribution in [1.29, 1.82) is 0 Å². The molecule has 1 atom stereocenters. The first kappa shape index (κ1) is 13.3. The number of phenols is 1. The van der Waals surface area contributed by atoms with Crippen molar-refractivity contribution in [2.45, 2.75) is 64.8 Å². The number of hydrogen-bond acceptors (Lipinski definition) is 2. The summed E-state index contributed by atoms with van der Waals surface area (Å²) in [6.07, 6.45) is 1.09. The van der Waals surface area contributed by atoms with Gasteiger partial charge in [0.2, 0.25) is 0 Å². The number of phenolic OH excluding ortho intramolecular Hbond substituents is 1. The van der Waals surface area contributed by atoms with Crippen LogP contribution in [0.15, 0.2) is 12.1 Å². The van der Waals surface area contributed by atoms with Crippen LogP contribution in [0.5, 0.6) is 5.75 Å². The second-order valence-corrected chi connectivity index (χ2v) is 7.32. The Morgan fingerprint density at radius 3 is 2.44 bits per heavy atom. The highest BCUT2D eigenvalue weighted by Crippen LogP contribution is 2.43. The van der Waals surface area contributed by atoms with Gasteiger partial charge in [-0.1, -0.05) is 27.7 Å². The Hall–Kier alpha value is -1.18. The zero-order chi connectivity index (χ0) is 13.7. The Morgan fingerprint density at radius 2 is 1.89 bits per heavy atom. The van der Waals surface area contributed by atoms with E-state index in [0.29, 0.717) is 11.7 Å². The molecule has 1 aliphatic rings. The summed E-state index contributed by atoms with van der Waals surface area (Å²) in [6, 6.07) is 4.07. The largest absolute Gasteiger partial charge is 0.508 e. The van der Waals surface area contributed by atoms with Crippen molar-refractivity contribution in [3.63, 3.8) is 0 Å². The third kappa shape index (κ3) is 2.33. The predicted octanol–water partition coefficient (Wildman–Crippen LogP) is 4.39. The van der Waals surface area contributed by atoms with Crippen molar-refractivity contribution in [3.8, 4) is 5.75 Å². The minimum atomic E-state index is -0.0361. The molecule has 0 radical (unpaired) electrons. The van der Waals surface area contributed by atoms with Gasteiger partial charge < -0.3 is 10.4 Å². The van der Waals surface area contributed by atoms with Crippen LogP contribution >= 0.6 is 0 Å². The highest BCUT2D eigenvalue weighted by molar-refractivity contribution is 5.62. The van der Waals surface area contributed by atoms with E-state index in [1.54, 1.807) is 0 Å². The minimum Gasteiger partial charge on any atom is -0.508 e. The standard InChI is InChI=1S/C16H25NO/c1-10-9-16(5,6)17-13-8-12(15(2,3)4)14(18)7-11(10)13/h7-8,10,17-18H,9H2,1-6H3. The number of hydrogen-bond donors (Lipinski definition) is 2. The van der Waals surface area contributed by atoms with E-state index in [-0.39, 0.29) is 11.0 Å². The van der Waals surface area contributed by atoms with Crippen molar-refractivity contribution in [2.24, 2.45) is 0 Å². The number of fused-ring (bicyclic) bond motifs is 1. The van der Waals surface area contributed by atoms with Gasteiger partial charge >= 0.3 is 0 Å². The predicted molar refractivity (Wildman–Crippen MR) is 77.5 cm³/mol. The molecule has 0 amide bonds. The third-order valence-electron chi connectivity index (χ3n) is 3.80. The van der Waals surface area contributed by atoms with E-state index >= 15 is 0 Å². The van der Waals surface area contributed by atoms with Gasteiger partial charge in [0, 0.05) is 16.8 Å². The SMILES string of the molecule is CC1CC(C)(C)Nc2cc(C(C)(C)C)c(O)cc21. The monoisotopic (exact) mass is 247 g/mol. The van der Waals surface area contributed by atoms with Crippen LogP contribution in [0, 0.1) is 0 Å². The fourth-order valence-corrected chi connectivity index (χ4v) is 3.01. The molecule has 1 unspecified atom stereocenters. The van der Waals surface area contributed by atoms with Gasteiger partial charge in [-0.25, -0.2) is 0 Å². The summed E-state index contributed by atoms with van der Waals surface area (Å²) < 4.78 is 0. The molecule has 1 aromatic rings. The van der Waals surface area contributed by atoms with E-state index in [1.165, 1.54) is 11.3 Å². The van der Waals surface area contributed by atoms with Crippen LogP contribution < -0.4 is 5.32 Å². The second kappa shape index (κ2) is 3.91. The summed E-state index contributed by atoms with van der Waals surface area (Å²) in [7, 11) is 0. The molecule has 0 bridgehead atoms. The number of anilines is 1. The van der Waals surface area contributed by atoms with Crippen LogP contribution in [0.2, 0.25) is 0 Å². The lowest BCUT2D eigenvalue weighted by molar-refractivity contribution is 0.432. The molecule has 2 rings (SSSR count). The number of aromatic hydroxyl groups is 1. The van der Waals surface area contributed by atoms with Crippen LogP contribution in [0.4, 0.5) is 5.69 Å². The summed E-state index contributed by atoms with van der Waals surface area (Å²) in [4.78, 5) is 0. The van der Waals surface area contributed by atoms with Gasteiger partial charge in [0.1, 0.15) is 5.75 Å². The first-order chi connectivity index (χ1) is 8.10. The molecule has 0 saturated heterocycles. The van der Waals surface area contributed by atoms with Crippen molar-refractivity contribution in [2.75, 3.05) is 5.32 Å². The maximum absolute atomic E-state index is 10.2. The van der Waals surface area contributed by atoms with E-state index in [1.807, 2.05) is 6.07 Å². The lowest BCUT2D eigenvalue weighted by Gasteiger charge is -2.38. The zero-order valence-electron chi connectivity index (χ0n) is 12.4. The molecule has 0 aromatic heterocycles. The summed E-state index contributed by atoms with van der Waals surface area (Å²) in [5.74, 6) is 0.908. The maximum Gasteiger partial charge on any atom is 0.119 e. The molecule has 0 fully saturated rings. The molecule has 2 N–H and O–H groups in total. The third-order valence-corrected chi connectivity index (χ3v) is 3.80. The van der Waals surface area contributed by atoms with Crippen molar-refractivity contribution in [1.82, 2.24) is 0 Å².